The molecule has 88 valence electrons. The number of hydrogen-bond acceptors (Lipinski definition) is 2. The number of nitrogens with one attached hydrogen (secondary N) is 2. The lowest BCUT2D eigenvalue weighted by atomic mass is 10.2. The highest BCUT2D eigenvalue weighted by atomic mass is 79.9. The van der Waals surface area contributed by atoms with E-state index in [-0.39, 0.29) is 10.2 Å². The summed E-state index contributed by atoms with van der Waals surface area (Å²) in [6.07, 6.45) is -4.49. The van der Waals surface area contributed by atoms with Crippen LogP contribution in [0.3, 0.4) is 0 Å². The van der Waals surface area contributed by atoms with Crippen molar-refractivity contribution in [3.63, 3.8) is 0 Å². The van der Waals surface area contributed by atoms with Gasteiger partial charge in [-0.25, -0.2) is 10.6 Å². The number of nitrogens with two attached hydrogens (primary N) is 1. The fourth-order valence-corrected chi connectivity index (χ4v) is 1.46. The monoisotopic (exact) mass is 297 g/mol. The van der Waals surface area contributed by atoms with E-state index in [1.54, 1.807) is 5.43 Å². The van der Waals surface area contributed by atoms with Gasteiger partial charge in [-0.2, -0.15) is 13.2 Å². The number of halogens is 4. The highest BCUT2D eigenvalue weighted by Crippen LogP contribution is 2.36. The van der Waals surface area contributed by atoms with E-state index < -0.39 is 17.8 Å². The molecule has 0 aliphatic heterocycles. The Morgan fingerprint density at radius 1 is 1.38 bits per heavy atom. The van der Waals surface area contributed by atoms with Crippen molar-refractivity contribution in [2.24, 2.45) is 5.84 Å². The first-order valence-corrected chi connectivity index (χ1v) is 4.78. The van der Waals surface area contributed by atoms with Gasteiger partial charge in [-0.05, 0) is 18.2 Å². The quantitative estimate of drug-likeness (QED) is 0.423. The van der Waals surface area contributed by atoms with Gasteiger partial charge in [0.05, 0.1) is 5.56 Å². The van der Waals surface area contributed by atoms with Crippen LogP contribution in [0.15, 0.2) is 22.7 Å². The Bertz CT molecular complexity index is 408. The Morgan fingerprint density at radius 2 is 2.00 bits per heavy atom. The molecule has 2 amide bonds. The molecule has 1 aromatic rings. The molecule has 0 aliphatic rings. The van der Waals surface area contributed by atoms with Gasteiger partial charge in [0.15, 0.2) is 0 Å². The summed E-state index contributed by atoms with van der Waals surface area (Å²) in [7, 11) is 0. The molecule has 1 rings (SSSR count). The molecule has 8 heteroatoms. The maximum Gasteiger partial charge on any atom is 0.417 e. The Hall–Kier alpha value is -1.28. The van der Waals surface area contributed by atoms with Gasteiger partial charge < -0.3 is 5.32 Å². The zero-order valence-electron chi connectivity index (χ0n) is 7.73. The van der Waals surface area contributed by atoms with Crippen molar-refractivity contribution in [1.29, 1.82) is 0 Å². The molecule has 0 unspecified atom stereocenters. The molecule has 0 saturated heterocycles. The van der Waals surface area contributed by atoms with Crippen LogP contribution in [0.4, 0.5) is 23.7 Å². The molecule has 0 spiro atoms. The van der Waals surface area contributed by atoms with Crippen LogP contribution < -0.4 is 16.6 Å². The van der Waals surface area contributed by atoms with Crippen molar-refractivity contribution >= 4 is 27.6 Å². The van der Waals surface area contributed by atoms with E-state index in [1.807, 2.05) is 0 Å². The highest BCUT2D eigenvalue weighted by Gasteiger charge is 2.33. The molecule has 0 heterocycles. The third-order valence-electron chi connectivity index (χ3n) is 1.66. The number of anilines is 1. The van der Waals surface area contributed by atoms with Gasteiger partial charge in [0.25, 0.3) is 0 Å². The van der Waals surface area contributed by atoms with Gasteiger partial charge in [-0.15, -0.1) is 0 Å². The zero-order chi connectivity index (χ0) is 12.3. The summed E-state index contributed by atoms with van der Waals surface area (Å²) in [6, 6.07) is 2.51. The maximum absolute atomic E-state index is 12.5. The Morgan fingerprint density at radius 3 is 2.50 bits per heavy atom. The molecule has 16 heavy (non-hydrogen) atoms. The van der Waals surface area contributed by atoms with E-state index >= 15 is 0 Å². The fraction of sp³-hybridized carbons (Fsp3) is 0.125. The average molecular weight is 298 g/mol. The lowest BCUT2D eigenvalue weighted by molar-refractivity contribution is -0.138. The molecule has 0 radical (unpaired) electrons. The lowest BCUT2D eigenvalue weighted by Gasteiger charge is -2.11. The molecule has 0 atom stereocenters. The van der Waals surface area contributed by atoms with Crippen LogP contribution in [0.5, 0.6) is 0 Å². The van der Waals surface area contributed by atoms with E-state index in [0.717, 1.165) is 6.07 Å². The minimum absolute atomic E-state index is 0.00141. The van der Waals surface area contributed by atoms with Crippen molar-refractivity contribution < 1.29 is 18.0 Å². The number of carbonyl (C=O) groups is 1. The van der Waals surface area contributed by atoms with Gasteiger partial charge in [0.2, 0.25) is 0 Å². The molecule has 4 N–H and O–H groups in total. The van der Waals surface area contributed by atoms with Gasteiger partial charge in [0.1, 0.15) is 0 Å². The van der Waals surface area contributed by atoms with Crippen LogP contribution in [0, 0.1) is 0 Å². The molecule has 0 fully saturated rings. The molecule has 0 bridgehead atoms. The Labute approximate surface area is 97.1 Å². The van der Waals surface area contributed by atoms with Crippen LogP contribution in [0.25, 0.3) is 0 Å². The SMILES string of the molecule is NNC(=O)Nc1ccc(Br)c(C(F)(F)F)c1. The lowest BCUT2D eigenvalue weighted by Crippen LogP contribution is -2.34. The second-order valence-corrected chi connectivity index (χ2v) is 3.65. The predicted molar refractivity (Wildman–Crippen MR) is 55.5 cm³/mol. The third-order valence-corrected chi connectivity index (χ3v) is 2.35. The van der Waals surface area contributed by atoms with Crippen molar-refractivity contribution in [1.82, 2.24) is 5.43 Å². The standard InChI is InChI=1S/C8H7BrF3N3O/c9-6-2-1-4(14-7(16)15-13)3-5(6)8(10,11)12/h1-3H,13H2,(H2,14,15,16). The summed E-state index contributed by atoms with van der Waals surface area (Å²) in [5.41, 5.74) is 0.869. The minimum atomic E-state index is -4.49. The molecule has 0 aromatic heterocycles. The third kappa shape index (κ3) is 3.11. The number of hydrogen-bond donors (Lipinski definition) is 3. The minimum Gasteiger partial charge on any atom is -0.307 e. The summed E-state index contributed by atoms with van der Waals surface area (Å²) in [5, 5.41) is 2.14. The summed E-state index contributed by atoms with van der Waals surface area (Å²) in [5.74, 6) is 4.78. The normalized spacial score (nSPS) is 11.1. The van der Waals surface area contributed by atoms with Crippen LogP contribution in [0.2, 0.25) is 0 Å². The number of amides is 2. The van der Waals surface area contributed by atoms with Crippen LogP contribution in [-0.4, -0.2) is 6.03 Å². The highest BCUT2D eigenvalue weighted by molar-refractivity contribution is 9.10. The van der Waals surface area contributed by atoms with Crippen LogP contribution in [-0.2, 0) is 6.18 Å². The van der Waals surface area contributed by atoms with Crippen molar-refractivity contribution in [2.45, 2.75) is 6.18 Å². The first kappa shape index (κ1) is 12.8. The van der Waals surface area contributed by atoms with Gasteiger partial charge in [0, 0.05) is 10.2 Å². The van der Waals surface area contributed by atoms with Gasteiger partial charge in [-0.1, -0.05) is 15.9 Å². The molecule has 0 saturated carbocycles. The number of rotatable bonds is 1. The first-order chi connectivity index (χ1) is 7.34. The van der Waals surface area contributed by atoms with Gasteiger partial charge in [-0.3, -0.25) is 5.43 Å². The van der Waals surface area contributed by atoms with E-state index in [4.69, 9.17) is 5.84 Å². The molecular weight excluding hydrogens is 291 g/mol. The van der Waals surface area contributed by atoms with Gasteiger partial charge >= 0.3 is 12.2 Å². The predicted octanol–water partition coefficient (Wildman–Crippen LogP) is 2.46. The Kier molecular flexibility index (Phi) is 3.76. The summed E-state index contributed by atoms with van der Waals surface area (Å²) < 4.78 is 37.3. The van der Waals surface area contributed by atoms with E-state index in [2.05, 4.69) is 21.2 Å². The van der Waals surface area contributed by atoms with Crippen molar-refractivity contribution in [3.05, 3.63) is 28.2 Å². The summed E-state index contributed by atoms with van der Waals surface area (Å²) in [4.78, 5) is 10.8. The number of alkyl halides is 3. The average Bonchev–Trinajstić information content (AvgIpc) is 2.19. The topological polar surface area (TPSA) is 67.1 Å². The van der Waals surface area contributed by atoms with E-state index in [1.165, 1.54) is 12.1 Å². The van der Waals surface area contributed by atoms with Crippen LogP contribution >= 0.6 is 15.9 Å². The second kappa shape index (κ2) is 4.71. The maximum atomic E-state index is 12.5. The number of hydrazine groups is 1. The number of carbonyl (C=O) groups excluding carboxylic acids is 1. The molecule has 4 nitrogen and oxygen atoms in total. The first-order valence-electron chi connectivity index (χ1n) is 3.99. The van der Waals surface area contributed by atoms with Crippen molar-refractivity contribution in [2.75, 3.05) is 5.32 Å². The summed E-state index contributed by atoms with van der Waals surface area (Å²) in [6.45, 7) is 0. The molecule has 1 aromatic carbocycles. The Balaban J connectivity index is 3.03. The molecule has 0 aliphatic carbocycles. The van der Waals surface area contributed by atoms with Crippen molar-refractivity contribution in [3.8, 4) is 0 Å². The van der Waals surface area contributed by atoms with E-state index in [0.29, 0.717) is 0 Å². The number of benzene rings is 1. The largest absolute Gasteiger partial charge is 0.417 e. The number of urea groups is 1. The zero-order valence-corrected chi connectivity index (χ0v) is 9.32. The van der Waals surface area contributed by atoms with Crippen LogP contribution in [0.1, 0.15) is 5.56 Å². The molecular formula is C8H7BrF3N3O. The smallest absolute Gasteiger partial charge is 0.307 e. The fourth-order valence-electron chi connectivity index (χ4n) is 0.987. The van der Waals surface area contributed by atoms with E-state index in [9.17, 15) is 18.0 Å². The second-order valence-electron chi connectivity index (χ2n) is 2.79. The summed E-state index contributed by atoms with van der Waals surface area (Å²) >= 11 is 2.78.